The van der Waals surface area contributed by atoms with Crippen LogP contribution in [0.4, 0.5) is 0 Å². The average Bonchev–Trinajstić information content (AvgIpc) is 1.81. The van der Waals surface area contributed by atoms with Gasteiger partial charge in [-0.3, -0.25) is 0 Å². The molecule has 0 aliphatic carbocycles. The largest absolute Gasteiger partial charge is 1.00 e. The molecule has 0 saturated heterocycles. The zero-order valence-electron chi connectivity index (χ0n) is 12.8. The van der Waals surface area contributed by atoms with E-state index in [-0.39, 0.29) is 24.8 Å². The van der Waals surface area contributed by atoms with Crippen molar-refractivity contribution in [2.24, 2.45) is 3.19 Å². The van der Waals surface area contributed by atoms with Crippen LogP contribution in [0.15, 0.2) is 3.19 Å². The van der Waals surface area contributed by atoms with Crippen molar-refractivity contribution in [3.8, 4) is 0 Å². The number of halogens is 2. The molecule has 0 aliphatic heterocycles. The van der Waals surface area contributed by atoms with E-state index in [4.69, 9.17) is 0 Å². The Bertz CT molecular complexity index is 80.0. The van der Waals surface area contributed by atoms with Crippen molar-refractivity contribution in [3.63, 3.8) is 0 Å². The number of rotatable bonds is 0. The Morgan fingerprint density at radius 1 is 0.647 bits per heavy atom. The standard InChI is InChI=1S/3C4H9.2ClH.H2NP.Ti/c3*1-4(2)3;;;1-2;/h3*1-3H3;2*1H;2H2;/q3*-1;;;;+2/p-2. The SMILES string of the molecule is C[C-](C)C.C[C-](C)C.C[C-](C)C.P[N]=[Ti+2].[Cl-].[Cl-]. The molecule has 0 fully saturated rings. The summed E-state index contributed by atoms with van der Waals surface area (Å²) in [5, 5.41) is 0. The van der Waals surface area contributed by atoms with Gasteiger partial charge in [-0.2, -0.15) is 62.3 Å². The Labute approximate surface area is 137 Å². The van der Waals surface area contributed by atoms with Crippen molar-refractivity contribution in [3.05, 3.63) is 17.8 Å². The van der Waals surface area contributed by atoms with Gasteiger partial charge < -0.3 is 42.6 Å². The van der Waals surface area contributed by atoms with Crippen LogP contribution in [0.5, 0.6) is 0 Å². The van der Waals surface area contributed by atoms with Crippen LogP contribution in [-0.2, 0) is 20.3 Å². The molecule has 1 atom stereocenters. The van der Waals surface area contributed by atoms with Crippen LogP contribution in [-0.4, -0.2) is 0 Å². The van der Waals surface area contributed by atoms with E-state index < -0.39 is 0 Å². The van der Waals surface area contributed by atoms with E-state index in [2.05, 4.69) is 74.9 Å². The topological polar surface area (TPSA) is 12.4 Å². The summed E-state index contributed by atoms with van der Waals surface area (Å²) in [4.78, 5) is 0. The second kappa shape index (κ2) is 36.0. The van der Waals surface area contributed by atoms with Gasteiger partial charge in [-0.05, 0) is 0 Å². The molecule has 0 aliphatic rings. The summed E-state index contributed by atoms with van der Waals surface area (Å²) in [7, 11) is 2.20. The maximum absolute atomic E-state index is 3.42. The first-order valence-electron chi connectivity index (χ1n) is 4.98. The molecule has 0 bridgehead atoms. The second-order valence-electron chi connectivity index (χ2n) is 4.63. The fraction of sp³-hybridized carbons (Fsp3) is 0.750. The van der Waals surface area contributed by atoms with E-state index in [0.717, 1.165) is 0 Å². The Morgan fingerprint density at radius 2 is 0.647 bits per heavy atom. The molecule has 1 nitrogen and oxygen atoms in total. The first kappa shape index (κ1) is 36.3. The third-order valence-electron chi connectivity index (χ3n) is 0. The fourth-order valence-electron chi connectivity index (χ4n) is 0. The molecule has 0 N–H and O–H groups in total. The van der Waals surface area contributed by atoms with E-state index in [1.807, 2.05) is 0 Å². The van der Waals surface area contributed by atoms with Crippen LogP contribution in [0.1, 0.15) is 62.3 Å². The van der Waals surface area contributed by atoms with Gasteiger partial charge in [0.15, 0.2) is 0 Å². The van der Waals surface area contributed by atoms with Crippen molar-refractivity contribution in [2.45, 2.75) is 62.3 Å². The van der Waals surface area contributed by atoms with Crippen molar-refractivity contribution in [2.75, 3.05) is 0 Å². The molecule has 0 radical (unpaired) electrons. The minimum Gasteiger partial charge on any atom is -1.00 e. The molecule has 17 heavy (non-hydrogen) atoms. The van der Waals surface area contributed by atoms with Gasteiger partial charge in [0.25, 0.3) is 0 Å². The summed E-state index contributed by atoms with van der Waals surface area (Å²) >= 11 is 1.71. The van der Waals surface area contributed by atoms with Gasteiger partial charge in [0.1, 0.15) is 0 Å². The summed E-state index contributed by atoms with van der Waals surface area (Å²) in [6.45, 7) is 18.8. The second-order valence-corrected chi connectivity index (χ2v) is 6.10. The number of hydrogen-bond donors (Lipinski definition) is 0. The zero-order valence-corrected chi connectivity index (χ0v) is 17.0. The normalized spacial score (nSPS) is 7.24. The predicted octanol–water partition coefficient (Wildman–Crippen LogP) is -0.623. The summed E-state index contributed by atoms with van der Waals surface area (Å²) in [6.07, 6.45) is 0. The van der Waals surface area contributed by atoms with Crippen LogP contribution in [0, 0.1) is 17.8 Å². The van der Waals surface area contributed by atoms with Crippen LogP contribution < -0.4 is 24.8 Å². The van der Waals surface area contributed by atoms with E-state index in [9.17, 15) is 0 Å². The molecule has 0 amide bonds. The smallest absolute Gasteiger partial charge is 1.00 e. The first-order valence-corrected chi connectivity index (χ1v) is 6.20. The molecule has 0 saturated carbocycles. The molecular weight excluding hydrogens is 308 g/mol. The van der Waals surface area contributed by atoms with Crippen LogP contribution in [0.3, 0.4) is 0 Å². The summed E-state index contributed by atoms with van der Waals surface area (Å²) in [5.41, 5.74) is 0. The van der Waals surface area contributed by atoms with Gasteiger partial charge in [-0.1, -0.05) is 0 Å². The Morgan fingerprint density at radius 3 is 0.647 bits per heavy atom. The average molecular weight is 337 g/mol. The number of hydrogen-bond acceptors (Lipinski definition) is 1. The molecule has 5 heteroatoms. The third-order valence-corrected chi connectivity index (χ3v) is 0. The molecule has 108 valence electrons. The van der Waals surface area contributed by atoms with Gasteiger partial charge >= 0.3 is 32.8 Å². The van der Waals surface area contributed by atoms with Crippen LogP contribution >= 0.6 is 9.39 Å². The quantitative estimate of drug-likeness (QED) is 0.317. The van der Waals surface area contributed by atoms with Crippen LogP contribution in [0.2, 0.25) is 0 Å². The van der Waals surface area contributed by atoms with Gasteiger partial charge in [-0.25, -0.2) is 0 Å². The molecule has 0 aromatic rings. The van der Waals surface area contributed by atoms with E-state index >= 15 is 0 Å². The minimum absolute atomic E-state index is 0. The van der Waals surface area contributed by atoms with E-state index in [0.29, 0.717) is 0 Å². The molecule has 1 unspecified atom stereocenters. The van der Waals surface area contributed by atoms with Crippen molar-refractivity contribution >= 4 is 9.39 Å². The maximum atomic E-state index is 3.42. The van der Waals surface area contributed by atoms with Crippen molar-refractivity contribution < 1.29 is 45.1 Å². The van der Waals surface area contributed by atoms with Gasteiger partial charge in [-0.15, -0.1) is 0 Å². The van der Waals surface area contributed by atoms with Gasteiger partial charge in [0.05, 0.1) is 0 Å². The van der Waals surface area contributed by atoms with E-state index in [1.54, 1.807) is 20.3 Å². The Balaban J connectivity index is -0.0000000230. The molecule has 0 aromatic carbocycles. The van der Waals surface area contributed by atoms with Gasteiger partial charge in [0, 0.05) is 0 Å². The molecule has 0 spiro atoms. The zero-order chi connectivity index (χ0) is 13.4. The van der Waals surface area contributed by atoms with Gasteiger partial charge in [0.2, 0.25) is 0 Å². The Kier molecular flexibility index (Phi) is 76.9. The number of nitrogens with zero attached hydrogens (tertiary/aromatic N) is 1. The first-order chi connectivity index (χ1) is 6.61. The van der Waals surface area contributed by atoms with Crippen LogP contribution in [0.25, 0.3) is 0 Å². The molecule has 0 rings (SSSR count). The van der Waals surface area contributed by atoms with E-state index in [1.165, 1.54) is 17.8 Å². The summed E-state index contributed by atoms with van der Waals surface area (Å²) < 4.78 is 3.42. The van der Waals surface area contributed by atoms with Crippen molar-refractivity contribution in [1.82, 2.24) is 0 Å². The third kappa shape index (κ3) is 1820. The summed E-state index contributed by atoms with van der Waals surface area (Å²) in [5.74, 6) is 4.25. The van der Waals surface area contributed by atoms with Crippen molar-refractivity contribution in [1.29, 1.82) is 0 Å². The molecular formula is C12H29Cl2NPTi-3. The molecule has 0 heterocycles. The maximum Gasteiger partial charge on any atom is -1.00 e. The minimum atomic E-state index is 0. The monoisotopic (exact) mass is 336 g/mol. The Hall–Kier alpha value is 1.52. The predicted molar refractivity (Wildman–Crippen MR) is 72.9 cm³/mol. The molecule has 0 aromatic heterocycles. The fourth-order valence-corrected chi connectivity index (χ4v) is 0. The summed E-state index contributed by atoms with van der Waals surface area (Å²) in [6, 6.07) is 0.